The first kappa shape index (κ1) is 15.1. The fourth-order valence-corrected chi connectivity index (χ4v) is 1.61. The molecule has 0 fully saturated rings. The van der Waals surface area contributed by atoms with Crippen LogP contribution in [0.4, 0.5) is 27.8 Å². The van der Waals surface area contributed by atoms with Crippen LogP contribution in [0.3, 0.4) is 0 Å². The lowest BCUT2D eigenvalue weighted by atomic mass is 10.2. The molecule has 2 N–H and O–H groups in total. The summed E-state index contributed by atoms with van der Waals surface area (Å²) in [6.07, 6.45) is 1.81. The van der Waals surface area contributed by atoms with E-state index in [1.165, 1.54) is 4.68 Å². The lowest BCUT2D eigenvalue weighted by molar-refractivity contribution is 0.252. The summed E-state index contributed by atoms with van der Waals surface area (Å²) in [4.78, 5) is 0. The van der Waals surface area contributed by atoms with E-state index < -0.39 is 34.8 Å². The predicted octanol–water partition coefficient (Wildman–Crippen LogP) is 2.63. The van der Waals surface area contributed by atoms with Crippen molar-refractivity contribution >= 4 is 5.82 Å². The van der Waals surface area contributed by atoms with Crippen molar-refractivity contribution in [3.63, 3.8) is 0 Å². The molecule has 0 atom stereocenters. The molecule has 0 aliphatic carbocycles. The summed E-state index contributed by atoms with van der Waals surface area (Å²) in [6, 6.07) is 1.55. The standard InChI is InChI=1S/C12H10F5N3O/c13-7-8(14)10(16)12(11(17)9(7)15)21-5-1-3-20-4-2-6(18)19-20/h2,4H,1,3,5H2,(H2,18,19). The molecule has 1 heterocycles. The second-order valence-electron chi connectivity index (χ2n) is 4.10. The van der Waals surface area contributed by atoms with Crippen molar-refractivity contribution in [1.29, 1.82) is 0 Å². The summed E-state index contributed by atoms with van der Waals surface area (Å²) in [6.45, 7) is 0.0602. The van der Waals surface area contributed by atoms with Gasteiger partial charge >= 0.3 is 0 Å². The van der Waals surface area contributed by atoms with E-state index >= 15 is 0 Å². The molecule has 9 heteroatoms. The van der Waals surface area contributed by atoms with Gasteiger partial charge in [0, 0.05) is 19.2 Å². The van der Waals surface area contributed by atoms with Crippen LogP contribution in [0.25, 0.3) is 0 Å². The average Bonchev–Trinajstić information content (AvgIpc) is 2.88. The Labute approximate surface area is 115 Å². The molecule has 0 spiro atoms. The van der Waals surface area contributed by atoms with Crippen LogP contribution in [-0.2, 0) is 6.54 Å². The number of nitrogens with two attached hydrogens (primary N) is 1. The number of ether oxygens (including phenoxy) is 1. The molecule has 0 aliphatic rings. The second-order valence-corrected chi connectivity index (χ2v) is 4.10. The molecule has 21 heavy (non-hydrogen) atoms. The number of hydrogen-bond acceptors (Lipinski definition) is 3. The monoisotopic (exact) mass is 307 g/mol. The maximum Gasteiger partial charge on any atom is 0.206 e. The Morgan fingerprint density at radius 2 is 1.57 bits per heavy atom. The van der Waals surface area contributed by atoms with Gasteiger partial charge in [0.25, 0.3) is 0 Å². The van der Waals surface area contributed by atoms with Gasteiger partial charge in [-0.3, -0.25) is 4.68 Å². The Kier molecular flexibility index (Phi) is 4.29. The van der Waals surface area contributed by atoms with Crippen molar-refractivity contribution < 1.29 is 26.7 Å². The lowest BCUT2D eigenvalue weighted by Gasteiger charge is -2.10. The summed E-state index contributed by atoms with van der Waals surface area (Å²) < 4.78 is 71.3. The Morgan fingerprint density at radius 3 is 2.10 bits per heavy atom. The van der Waals surface area contributed by atoms with E-state index in [0.717, 1.165) is 0 Å². The van der Waals surface area contributed by atoms with Crippen LogP contribution in [0, 0.1) is 29.1 Å². The van der Waals surface area contributed by atoms with Crippen LogP contribution in [0.15, 0.2) is 12.3 Å². The third kappa shape index (κ3) is 3.06. The Balaban J connectivity index is 2.00. The summed E-state index contributed by atoms with van der Waals surface area (Å²) in [5.41, 5.74) is 5.38. The number of aryl methyl sites for hydroxylation is 1. The number of aromatic nitrogens is 2. The van der Waals surface area contributed by atoms with E-state index in [4.69, 9.17) is 5.73 Å². The van der Waals surface area contributed by atoms with Crippen molar-refractivity contribution in [1.82, 2.24) is 9.78 Å². The molecule has 1 aromatic heterocycles. The molecule has 4 nitrogen and oxygen atoms in total. The largest absolute Gasteiger partial charge is 0.487 e. The van der Waals surface area contributed by atoms with E-state index in [-0.39, 0.29) is 13.0 Å². The van der Waals surface area contributed by atoms with Gasteiger partial charge in [-0.25, -0.2) is 13.2 Å². The van der Waals surface area contributed by atoms with Gasteiger partial charge in [-0.1, -0.05) is 0 Å². The first-order valence-corrected chi connectivity index (χ1v) is 5.85. The number of halogens is 5. The summed E-state index contributed by atoms with van der Waals surface area (Å²) in [7, 11) is 0. The van der Waals surface area contributed by atoms with Crippen LogP contribution >= 0.6 is 0 Å². The lowest BCUT2D eigenvalue weighted by Crippen LogP contribution is -2.10. The van der Waals surface area contributed by atoms with Gasteiger partial charge in [0.05, 0.1) is 6.61 Å². The predicted molar refractivity (Wildman–Crippen MR) is 63.0 cm³/mol. The van der Waals surface area contributed by atoms with E-state index in [9.17, 15) is 22.0 Å². The van der Waals surface area contributed by atoms with Crippen molar-refractivity contribution in [2.45, 2.75) is 13.0 Å². The molecule has 114 valence electrons. The fourth-order valence-electron chi connectivity index (χ4n) is 1.61. The smallest absolute Gasteiger partial charge is 0.206 e. The number of nitrogens with zero attached hydrogens (tertiary/aromatic N) is 2. The quantitative estimate of drug-likeness (QED) is 0.400. The average molecular weight is 307 g/mol. The van der Waals surface area contributed by atoms with E-state index in [0.29, 0.717) is 12.4 Å². The number of benzene rings is 1. The van der Waals surface area contributed by atoms with Gasteiger partial charge < -0.3 is 10.5 Å². The minimum Gasteiger partial charge on any atom is -0.487 e. The highest BCUT2D eigenvalue weighted by molar-refractivity contribution is 5.29. The second kappa shape index (κ2) is 5.98. The third-order valence-electron chi connectivity index (χ3n) is 2.61. The molecule has 0 radical (unpaired) electrons. The number of anilines is 1. The van der Waals surface area contributed by atoms with Crippen molar-refractivity contribution in [3.05, 3.63) is 41.3 Å². The topological polar surface area (TPSA) is 53.1 Å². The molecule has 0 bridgehead atoms. The van der Waals surface area contributed by atoms with Crippen LogP contribution in [0.5, 0.6) is 5.75 Å². The van der Waals surface area contributed by atoms with Gasteiger partial charge in [0.15, 0.2) is 5.75 Å². The van der Waals surface area contributed by atoms with Crippen molar-refractivity contribution in [2.24, 2.45) is 0 Å². The molecular formula is C12H10F5N3O. The van der Waals surface area contributed by atoms with Crippen LogP contribution in [-0.4, -0.2) is 16.4 Å². The minimum atomic E-state index is -2.22. The highest BCUT2D eigenvalue weighted by Gasteiger charge is 2.26. The van der Waals surface area contributed by atoms with Gasteiger partial charge in [-0.05, 0) is 6.07 Å². The fraction of sp³-hybridized carbons (Fsp3) is 0.250. The van der Waals surface area contributed by atoms with Crippen LogP contribution in [0.2, 0.25) is 0 Å². The van der Waals surface area contributed by atoms with Gasteiger partial charge in [0.1, 0.15) is 5.82 Å². The Bertz CT molecular complexity index is 630. The molecule has 0 saturated carbocycles. The zero-order chi connectivity index (χ0) is 15.6. The van der Waals surface area contributed by atoms with Gasteiger partial charge in [-0.15, -0.1) is 0 Å². The first-order chi connectivity index (χ1) is 9.91. The molecule has 0 unspecified atom stereocenters. The van der Waals surface area contributed by atoms with E-state index in [1.54, 1.807) is 12.3 Å². The van der Waals surface area contributed by atoms with Gasteiger partial charge in [-0.2, -0.15) is 13.9 Å². The molecule has 2 rings (SSSR count). The molecule has 0 amide bonds. The zero-order valence-electron chi connectivity index (χ0n) is 10.5. The third-order valence-corrected chi connectivity index (χ3v) is 2.61. The van der Waals surface area contributed by atoms with Crippen molar-refractivity contribution in [2.75, 3.05) is 12.3 Å². The van der Waals surface area contributed by atoms with E-state index in [1.807, 2.05) is 0 Å². The zero-order valence-corrected chi connectivity index (χ0v) is 10.5. The number of rotatable bonds is 5. The minimum absolute atomic E-state index is 0.237. The summed E-state index contributed by atoms with van der Waals surface area (Å²) in [5, 5.41) is 3.85. The van der Waals surface area contributed by atoms with Crippen LogP contribution in [0.1, 0.15) is 6.42 Å². The Hall–Kier alpha value is -2.32. The molecular weight excluding hydrogens is 297 g/mol. The molecule has 0 saturated heterocycles. The van der Waals surface area contributed by atoms with Crippen molar-refractivity contribution in [3.8, 4) is 5.75 Å². The van der Waals surface area contributed by atoms with Gasteiger partial charge in [0.2, 0.25) is 29.1 Å². The highest BCUT2D eigenvalue weighted by atomic mass is 19.2. The number of hydrogen-bond donors (Lipinski definition) is 1. The maximum absolute atomic E-state index is 13.3. The number of nitrogen functional groups attached to an aromatic ring is 1. The molecule has 0 aliphatic heterocycles. The maximum atomic E-state index is 13.3. The SMILES string of the molecule is Nc1ccn(CCCOc2c(F)c(F)c(F)c(F)c2F)n1. The normalized spacial score (nSPS) is 10.9. The highest BCUT2D eigenvalue weighted by Crippen LogP contribution is 2.29. The Morgan fingerprint density at radius 1 is 1.00 bits per heavy atom. The summed E-state index contributed by atoms with van der Waals surface area (Å²) >= 11 is 0. The molecule has 1 aromatic carbocycles. The van der Waals surface area contributed by atoms with E-state index in [2.05, 4.69) is 9.84 Å². The first-order valence-electron chi connectivity index (χ1n) is 5.85. The summed E-state index contributed by atoms with van der Waals surface area (Å²) in [5.74, 6) is -11.3. The molecule has 2 aromatic rings. The van der Waals surface area contributed by atoms with Crippen LogP contribution < -0.4 is 10.5 Å².